The Bertz CT molecular complexity index is 1380. The van der Waals surface area contributed by atoms with Crippen LogP contribution in [0.5, 0.6) is 11.5 Å². The number of amides is 2. The van der Waals surface area contributed by atoms with Crippen molar-refractivity contribution in [3.8, 4) is 11.5 Å². The third-order valence-electron chi connectivity index (χ3n) is 5.13. The number of anilines is 2. The molecular formula is C26H21FN4O6S. The molecule has 0 unspecified atom stereocenters. The first-order chi connectivity index (χ1) is 18.3. The van der Waals surface area contributed by atoms with Crippen molar-refractivity contribution in [2.24, 2.45) is 10.2 Å². The minimum absolute atomic E-state index is 0.0237. The molecule has 1 fully saturated rings. The number of amidine groups is 1. The van der Waals surface area contributed by atoms with Gasteiger partial charge in [0.15, 0.2) is 11.8 Å². The van der Waals surface area contributed by atoms with Crippen LogP contribution in [-0.2, 0) is 14.4 Å². The van der Waals surface area contributed by atoms with E-state index >= 15 is 0 Å². The zero-order chi connectivity index (χ0) is 27.1. The van der Waals surface area contributed by atoms with Gasteiger partial charge >= 0.3 is 5.97 Å². The number of rotatable bonds is 9. The third kappa shape index (κ3) is 6.95. The molecule has 12 heteroatoms. The van der Waals surface area contributed by atoms with Crippen LogP contribution in [0.3, 0.4) is 0 Å². The first-order valence-corrected chi connectivity index (χ1v) is 12.1. The minimum Gasteiger partial charge on any atom is -0.508 e. The molecule has 1 atom stereocenters. The van der Waals surface area contributed by atoms with Crippen molar-refractivity contribution < 1.29 is 33.7 Å². The Morgan fingerprint density at radius 2 is 1.74 bits per heavy atom. The van der Waals surface area contributed by atoms with E-state index < -0.39 is 29.6 Å². The third-order valence-corrected chi connectivity index (χ3v) is 6.26. The molecule has 0 aromatic heterocycles. The molecule has 194 valence electrons. The normalized spacial score (nSPS) is 16.2. The average molecular weight is 537 g/mol. The number of thioether (sulfide) groups is 1. The molecule has 1 saturated heterocycles. The van der Waals surface area contributed by atoms with E-state index in [0.717, 1.165) is 11.8 Å². The largest absolute Gasteiger partial charge is 0.508 e. The van der Waals surface area contributed by atoms with Gasteiger partial charge in [-0.25, -0.2) is 9.18 Å². The zero-order valence-electron chi connectivity index (χ0n) is 19.7. The molecule has 3 aromatic rings. The second-order valence-electron chi connectivity index (χ2n) is 7.93. The SMILES string of the molecule is O=C(O)COc1ccc(/C=N\N=C2/S[C@H](CC(=O)Nc3ccc(F)cc3)C(=O)N2c2ccc(O)cc2)cc1. The highest BCUT2D eigenvalue weighted by atomic mass is 32.2. The maximum atomic E-state index is 13.2. The molecular weight excluding hydrogens is 515 g/mol. The van der Waals surface area contributed by atoms with Gasteiger partial charge in [-0.1, -0.05) is 11.8 Å². The predicted molar refractivity (Wildman–Crippen MR) is 141 cm³/mol. The number of benzene rings is 3. The summed E-state index contributed by atoms with van der Waals surface area (Å²) in [6, 6.07) is 17.7. The smallest absolute Gasteiger partial charge is 0.341 e. The number of ether oxygens (including phenoxy) is 1. The number of aliphatic carboxylic acids is 1. The number of nitrogens with zero attached hydrogens (tertiary/aromatic N) is 3. The minimum atomic E-state index is -1.08. The van der Waals surface area contributed by atoms with Gasteiger partial charge in [0.1, 0.15) is 22.6 Å². The molecule has 2 amide bonds. The number of halogens is 1. The number of hydrogen-bond donors (Lipinski definition) is 3. The Labute approximate surface area is 220 Å². The number of phenolic OH excluding ortho intramolecular Hbond substituents is 1. The van der Waals surface area contributed by atoms with Crippen molar-refractivity contribution in [2.45, 2.75) is 11.7 Å². The molecule has 4 rings (SSSR count). The van der Waals surface area contributed by atoms with Crippen molar-refractivity contribution in [1.82, 2.24) is 0 Å². The van der Waals surface area contributed by atoms with E-state index in [1.54, 1.807) is 36.4 Å². The van der Waals surface area contributed by atoms with Crippen LogP contribution >= 0.6 is 11.8 Å². The molecule has 10 nitrogen and oxygen atoms in total. The van der Waals surface area contributed by atoms with Crippen molar-refractivity contribution >= 4 is 52.3 Å². The quantitative estimate of drug-likeness (QED) is 0.279. The highest BCUT2D eigenvalue weighted by Gasteiger charge is 2.40. The fourth-order valence-corrected chi connectivity index (χ4v) is 4.45. The first kappa shape index (κ1) is 26.4. The topological polar surface area (TPSA) is 141 Å². The lowest BCUT2D eigenvalue weighted by Crippen LogP contribution is -2.33. The summed E-state index contributed by atoms with van der Waals surface area (Å²) >= 11 is 1.07. The maximum Gasteiger partial charge on any atom is 0.341 e. The van der Waals surface area contributed by atoms with Crippen LogP contribution in [0, 0.1) is 5.82 Å². The van der Waals surface area contributed by atoms with Gasteiger partial charge in [0.2, 0.25) is 11.8 Å². The van der Waals surface area contributed by atoms with E-state index in [1.165, 1.54) is 47.5 Å². The van der Waals surface area contributed by atoms with E-state index in [2.05, 4.69) is 15.5 Å². The highest BCUT2D eigenvalue weighted by Crippen LogP contribution is 2.34. The van der Waals surface area contributed by atoms with Crippen molar-refractivity contribution in [1.29, 1.82) is 0 Å². The van der Waals surface area contributed by atoms with Gasteiger partial charge in [0, 0.05) is 12.1 Å². The number of nitrogens with one attached hydrogen (secondary N) is 1. The number of hydrogen-bond acceptors (Lipinski definition) is 8. The van der Waals surface area contributed by atoms with Crippen LogP contribution in [0.2, 0.25) is 0 Å². The van der Waals surface area contributed by atoms with Gasteiger partial charge in [-0.2, -0.15) is 5.10 Å². The lowest BCUT2D eigenvalue weighted by molar-refractivity contribution is -0.139. The fourth-order valence-electron chi connectivity index (χ4n) is 3.36. The van der Waals surface area contributed by atoms with Crippen LogP contribution < -0.4 is 15.0 Å². The predicted octanol–water partition coefficient (Wildman–Crippen LogP) is 3.86. The van der Waals surface area contributed by atoms with E-state index in [1.807, 2.05) is 0 Å². The van der Waals surface area contributed by atoms with Crippen LogP contribution in [0.15, 0.2) is 83.0 Å². The van der Waals surface area contributed by atoms with Crippen LogP contribution in [0.1, 0.15) is 12.0 Å². The molecule has 0 saturated carbocycles. The van der Waals surface area contributed by atoms with E-state index in [9.17, 15) is 23.9 Å². The standard InChI is InChI=1S/C26H21FN4O6S/c27-17-3-5-18(6-4-17)29-23(33)13-22-25(36)31(19-7-9-20(32)10-8-19)26(38-22)30-28-14-16-1-11-21(12-2-16)37-15-24(34)35/h1-12,14,22,32H,13,15H2,(H,29,33)(H,34,35)/b28-14-,30-26-/t22-/m1/s1. The Balaban J connectivity index is 1.49. The molecule has 0 bridgehead atoms. The lowest BCUT2D eigenvalue weighted by atomic mass is 10.2. The van der Waals surface area contributed by atoms with Crippen LogP contribution in [0.4, 0.5) is 15.8 Å². The summed E-state index contributed by atoms with van der Waals surface area (Å²) in [5.74, 6) is -1.92. The van der Waals surface area contributed by atoms with Gasteiger partial charge in [-0.3, -0.25) is 14.5 Å². The van der Waals surface area contributed by atoms with E-state index in [-0.39, 0.29) is 23.2 Å². The number of carbonyl (C=O) groups excluding carboxylic acids is 2. The molecule has 0 spiro atoms. The first-order valence-electron chi connectivity index (χ1n) is 11.2. The molecule has 0 aliphatic carbocycles. The molecule has 0 radical (unpaired) electrons. The maximum absolute atomic E-state index is 13.2. The van der Waals surface area contributed by atoms with Crippen LogP contribution in [0.25, 0.3) is 0 Å². The van der Waals surface area contributed by atoms with Gasteiger partial charge in [-0.15, -0.1) is 5.10 Å². The van der Waals surface area contributed by atoms with Crippen LogP contribution in [-0.4, -0.2) is 51.2 Å². The van der Waals surface area contributed by atoms with Gasteiger partial charge in [0.25, 0.3) is 0 Å². The van der Waals surface area contributed by atoms with E-state index in [0.29, 0.717) is 22.7 Å². The van der Waals surface area contributed by atoms with Crippen molar-refractivity contribution in [2.75, 3.05) is 16.8 Å². The summed E-state index contributed by atoms with van der Waals surface area (Å²) in [7, 11) is 0. The molecule has 3 N–H and O–H groups in total. The monoisotopic (exact) mass is 536 g/mol. The zero-order valence-corrected chi connectivity index (χ0v) is 20.5. The molecule has 1 heterocycles. The number of carboxylic acids is 1. The number of carboxylic acid groups (broad SMARTS) is 1. The lowest BCUT2D eigenvalue weighted by Gasteiger charge is -2.16. The van der Waals surface area contributed by atoms with E-state index in [4.69, 9.17) is 9.84 Å². The number of carbonyl (C=O) groups is 3. The molecule has 3 aromatic carbocycles. The van der Waals surface area contributed by atoms with Gasteiger partial charge < -0.3 is 20.3 Å². The van der Waals surface area contributed by atoms with Gasteiger partial charge in [0.05, 0.1) is 11.9 Å². The summed E-state index contributed by atoms with van der Waals surface area (Å²) in [6.45, 7) is -0.456. The highest BCUT2D eigenvalue weighted by molar-refractivity contribution is 8.16. The second-order valence-corrected chi connectivity index (χ2v) is 9.10. The molecule has 1 aliphatic rings. The molecule has 1 aliphatic heterocycles. The fraction of sp³-hybridized carbons (Fsp3) is 0.115. The van der Waals surface area contributed by atoms with Gasteiger partial charge in [-0.05, 0) is 78.4 Å². The summed E-state index contributed by atoms with van der Waals surface area (Å²) in [6.07, 6.45) is 1.29. The van der Waals surface area contributed by atoms with Crippen molar-refractivity contribution in [3.63, 3.8) is 0 Å². The number of phenols is 1. The summed E-state index contributed by atoms with van der Waals surface area (Å²) in [5, 5.41) is 28.7. The summed E-state index contributed by atoms with van der Waals surface area (Å²) in [4.78, 5) is 37.7. The average Bonchev–Trinajstić information content (AvgIpc) is 3.19. The summed E-state index contributed by atoms with van der Waals surface area (Å²) < 4.78 is 18.2. The van der Waals surface area contributed by atoms with Crippen molar-refractivity contribution in [3.05, 3.63) is 84.2 Å². The number of aromatic hydroxyl groups is 1. The second kappa shape index (κ2) is 12.0. The Morgan fingerprint density at radius 1 is 1.05 bits per heavy atom. The Hall–Kier alpha value is -4.71. The Kier molecular flexibility index (Phi) is 8.34. The summed E-state index contributed by atoms with van der Waals surface area (Å²) in [5.41, 5.74) is 1.49. The molecule has 38 heavy (non-hydrogen) atoms. The Morgan fingerprint density at radius 3 is 2.39 bits per heavy atom.